The van der Waals surface area contributed by atoms with Gasteiger partial charge in [0.1, 0.15) is 12.3 Å². The molecule has 140 valence electrons. The highest BCUT2D eigenvalue weighted by molar-refractivity contribution is 5.89. The second-order valence-corrected chi connectivity index (χ2v) is 8.10. The number of aldehydes is 1. The van der Waals surface area contributed by atoms with E-state index in [-0.39, 0.29) is 23.7 Å². The number of hydrogen-bond acceptors (Lipinski definition) is 3. The first kappa shape index (κ1) is 22.6. The van der Waals surface area contributed by atoms with Crippen molar-refractivity contribution in [1.82, 2.24) is 10.6 Å². The van der Waals surface area contributed by atoms with Crippen LogP contribution in [0.15, 0.2) is 0 Å². The maximum atomic E-state index is 12.5. The van der Waals surface area contributed by atoms with E-state index in [9.17, 15) is 14.4 Å². The van der Waals surface area contributed by atoms with E-state index in [1.165, 1.54) is 0 Å². The van der Waals surface area contributed by atoms with Gasteiger partial charge in [0.05, 0.1) is 6.04 Å². The van der Waals surface area contributed by atoms with E-state index in [1.807, 2.05) is 34.6 Å². The molecule has 5 nitrogen and oxygen atoms in total. The smallest absolute Gasteiger partial charge is 0.243 e. The van der Waals surface area contributed by atoms with E-state index in [1.54, 1.807) is 0 Å². The van der Waals surface area contributed by atoms with Crippen LogP contribution in [-0.2, 0) is 14.4 Å². The maximum absolute atomic E-state index is 12.5. The van der Waals surface area contributed by atoms with Crippen LogP contribution < -0.4 is 10.6 Å². The lowest BCUT2D eigenvalue weighted by molar-refractivity contribution is -0.132. The Hall–Kier alpha value is -1.39. The quantitative estimate of drug-likeness (QED) is 0.568. The fraction of sp³-hybridized carbons (Fsp3) is 0.842. The molecule has 2 amide bonds. The van der Waals surface area contributed by atoms with Gasteiger partial charge in [0.25, 0.3) is 0 Å². The van der Waals surface area contributed by atoms with Gasteiger partial charge in [0.15, 0.2) is 0 Å². The van der Waals surface area contributed by atoms with E-state index in [0.29, 0.717) is 24.7 Å². The van der Waals surface area contributed by atoms with Gasteiger partial charge in [-0.15, -0.1) is 0 Å². The Morgan fingerprint density at radius 2 is 1.25 bits per heavy atom. The number of carbonyl (C=O) groups is 3. The minimum atomic E-state index is -0.596. The van der Waals surface area contributed by atoms with Gasteiger partial charge in [-0.1, -0.05) is 48.5 Å². The van der Waals surface area contributed by atoms with E-state index in [4.69, 9.17) is 0 Å². The summed E-state index contributed by atoms with van der Waals surface area (Å²) in [4.78, 5) is 36.0. The van der Waals surface area contributed by atoms with Crippen molar-refractivity contribution < 1.29 is 14.4 Å². The molecule has 0 aliphatic rings. The van der Waals surface area contributed by atoms with Crippen molar-refractivity contribution in [3.63, 3.8) is 0 Å². The fourth-order valence-corrected chi connectivity index (χ4v) is 2.77. The average molecular weight is 341 g/mol. The minimum absolute atomic E-state index is 0.101. The number of carbonyl (C=O) groups excluding carboxylic acids is 3. The third kappa shape index (κ3) is 9.68. The molecule has 0 saturated heterocycles. The Balaban J connectivity index is 4.88. The van der Waals surface area contributed by atoms with Crippen LogP contribution in [0.4, 0.5) is 0 Å². The molecule has 2 N–H and O–H groups in total. The second-order valence-electron chi connectivity index (χ2n) is 8.10. The highest BCUT2D eigenvalue weighted by Crippen LogP contribution is 2.13. The summed E-state index contributed by atoms with van der Waals surface area (Å²) in [6, 6.07) is -1.10. The Morgan fingerprint density at radius 1 is 0.750 bits per heavy atom. The van der Waals surface area contributed by atoms with Crippen molar-refractivity contribution in [1.29, 1.82) is 0 Å². The third-order valence-corrected chi connectivity index (χ3v) is 3.83. The molecule has 24 heavy (non-hydrogen) atoms. The van der Waals surface area contributed by atoms with Crippen molar-refractivity contribution in [3.05, 3.63) is 0 Å². The van der Waals surface area contributed by atoms with Crippen molar-refractivity contribution in [2.45, 2.75) is 79.8 Å². The van der Waals surface area contributed by atoms with Crippen LogP contribution in [0.3, 0.4) is 0 Å². The lowest BCUT2D eigenvalue weighted by atomic mass is 9.96. The van der Waals surface area contributed by atoms with Crippen LogP contribution in [0.1, 0.15) is 67.7 Å². The van der Waals surface area contributed by atoms with Gasteiger partial charge in [-0.2, -0.15) is 0 Å². The van der Waals surface area contributed by atoms with Gasteiger partial charge < -0.3 is 15.4 Å². The lowest BCUT2D eigenvalue weighted by Gasteiger charge is -2.24. The molecule has 0 radical (unpaired) electrons. The molecular weight excluding hydrogens is 304 g/mol. The first-order valence-electron chi connectivity index (χ1n) is 9.12. The van der Waals surface area contributed by atoms with E-state index >= 15 is 0 Å². The molecule has 0 aromatic carbocycles. The number of amides is 2. The Labute approximate surface area is 147 Å². The largest absolute Gasteiger partial charge is 0.345 e. The summed E-state index contributed by atoms with van der Waals surface area (Å²) in [5.41, 5.74) is 0. The summed E-state index contributed by atoms with van der Waals surface area (Å²) < 4.78 is 0. The van der Waals surface area contributed by atoms with Gasteiger partial charge in [0, 0.05) is 5.92 Å². The molecule has 0 aliphatic carbocycles. The predicted molar refractivity (Wildman–Crippen MR) is 97.5 cm³/mol. The zero-order valence-corrected chi connectivity index (χ0v) is 16.4. The average Bonchev–Trinajstić information content (AvgIpc) is 2.43. The molecule has 0 fully saturated rings. The zero-order valence-electron chi connectivity index (χ0n) is 16.4. The molecular formula is C19H36N2O3. The molecule has 0 aromatic heterocycles. The summed E-state index contributed by atoms with van der Waals surface area (Å²) >= 11 is 0. The number of hydrogen-bond donors (Lipinski definition) is 2. The van der Waals surface area contributed by atoms with Gasteiger partial charge in [-0.25, -0.2) is 0 Å². The normalized spacial score (nSPS) is 15.2. The summed E-state index contributed by atoms with van der Waals surface area (Å²) in [5.74, 6) is 0.493. The molecule has 0 heterocycles. The van der Waals surface area contributed by atoms with Crippen molar-refractivity contribution in [3.8, 4) is 0 Å². The Kier molecular flexibility index (Phi) is 10.6. The summed E-state index contributed by atoms with van der Waals surface area (Å²) in [6.45, 7) is 14.1. The maximum Gasteiger partial charge on any atom is 0.243 e. The third-order valence-electron chi connectivity index (χ3n) is 3.83. The molecule has 0 rings (SSSR count). The Morgan fingerprint density at radius 3 is 1.67 bits per heavy atom. The molecule has 0 spiro atoms. The van der Waals surface area contributed by atoms with Gasteiger partial charge >= 0.3 is 0 Å². The summed E-state index contributed by atoms with van der Waals surface area (Å²) in [7, 11) is 0. The topological polar surface area (TPSA) is 75.3 Å². The first-order valence-corrected chi connectivity index (χ1v) is 9.12. The minimum Gasteiger partial charge on any atom is -0.345 e. The van der Waals surface area contributed by atoms with E-state index in [0.717, 1.165) is 12.7 Å². The molecule has 5 heteroatoms. The summed E-state index contributed by atoms with van der Waals surface area (Å²) in [5, 5.41) is 5.64. The van der Waals surface area contributed by atoms with Gasteiger partial charge in [-0.3, -0.25) is 9.59 Å². The van der Waals surface area contributed by atoms with Crippen LogP contribution in [0.2, 0.25) is 0 Å². The monoisotopic (exact) mass is 340 g/mol. The van der Waals surface area contributed by atoms with Gasteiger partial charge in [0.2, 0.25) is 11.8 Å². The van der Waals surface area contributed by atoms with Crippen LogP contribution in [0.25, 0.3) is 0 Å². The van der Waals surface area contributed by atoms with Crippen LogP contribution in [-0.4, -0.2) is 30.2 Å². The number of rotatable bonds is 11. The van der Waals surface area contributed by atoms with Gasteiger partial charge in [-0.05, 0) is 37.0 Å². The molecule has 0 saturated carbocycles. The van der Waals surface area contributed by atoms with Crippen LogP contribution >= 0.6 is 0 Å². The standard InChI is InChI=1S/C19H36N2O3/c1-12(2)8-15(7)18(23)21-17(10-14(5)6)19(24)20-16(11-22)9-13(3)4/h11-17H,8-10H2,1-7H3,(H,20,24)(H,21,23)/t15-,16-,17-/m0/s1. The second kappa shape index (κ2) is 11.2. The molecule has 0 aliphatic heterocycles. The number of nitrogens with one attached hydrogen (secondary N) is 2. The zero-order chi connectivity index (χ0) is 18.9. The van der Waals surface area contributed by atoms with Crippen LogP contribution in [0.5, 0.6) is 0 Å². The first-order chi connectivity index (χ1) is 11.1. The lowest BCUT2D eigenvalue weighted by Crippen LogP contribution is -2.51. The molecule has 3 atom stereocenters. The van der Waals surface area contributed by atoms with E-state index < -0.39 is 12.1 Å². The van der Waals surface area contributed by atoms with E-state index in [2.05, 4.69) is 24.5 Å². The molecule has 0 bridgehead atoms. The molecule has 0 aromatic rings. The summed E-state index contributed by atoms with van der Waals surface area (Å²) in [6.07, 6.45) is 2.71. The molecule has 0 unspecified atom stereocenters. The van der Waals surface area contributed by atoms with Crippen molar-refractivity contribution >= 4 is 18.1 Å². The fourth-order valence-electron chi connectivity index (χ4n) is 2.77. The Bertz CT molecular complexity index is 405. The van der Waals surface area contributed by atoms with Crippen molar-refractivity contribution in [2.75, 3.05) is 0 Å². The SMILES string of the molecule is CC(C)C[C@@H](C=O)NC(=O)[C@H](CC(C)C)NC(=O)[C@@H](C)CC(C)C. The highest BCUT2D eigenvalue weighted by atomic mass is 16.2. The highest BCUT2D eigenvalue weighted by Gasteiger charge is 2.26. The van der Waals surface area contributed by atoms with Crippen LogP contribution in [0, 0.1) is 23.7 Å². The predicted octanol–water partition coefficient (Wildman–Crippen LogP) is 2.93. The van der Waals surface area contributed by atoms with Crippen molar-refractivity contribution in [2.24, 2.45) is 23.7 Å².